The van der Waals surface area contributed by atoms with E-state index in [1.54, 1.807) is 0 Å². The fourth-order valence-electron chi connectivity index (χ4n) is 1.32. The van der Waals surface area contributed by atoms with E-state index in [0.29, 0.717) is 12.3 Å². The molecule has 0 aliphatic rings. The molecule has 1 atom stereocenters. The molecule has 0 aliphatic carbocycles. The Hall–Kier alpha value is -0.240. The monoisotopic (exact) mass is 219 g/mol. The minimum atomic E-state index is 0.0816. The van der Waals surface area contributed by atoms with Crippen LogP contribution in [0.4, 0.5) is 0 Å². The first-order valence-corrected chi connectivity index (χ1v) is 5.80. The molecule has 0 rings (SSSR count). The number of rotatable bonds is 5. The first-order chi connectivity index (χ1) is 6.41. The SMILES string of the molecule is CCCC(=O)NC(CCCl)C(C)(C)C. The van der Waals surface area contributed by atoms with E-state index in [0.717, 1.165) is 12.8 Å². The molecule has 14 heavy (non-hydrogen) atoms. The third-order valence-electron chi connectivity index (χ3n) is 2.26. The minimum Gasteiger partial charge on any atom is -0.353 e. The first-order valence-electron chi connectivity index (χ1n) is 5.27. The molecule has 1 unspecified atom stereocenters. The maximum atomic E-state index is 11.4. The Morgan fingerprint density at radius 2 is 2.00 bits per heavy atom. The molecular weight excluding hydrogens is 198 g/mol. The topological polar surface area (TPSA) is 29.1 Å². The van der Waals surface area contributed by atoms with Gasteiger partial charge in [0.05, 0.1) is 0 Å². The highest BCUT2D eigenvalue weighted by Gasteiger charge is 2.25. The van der Waals surface area contributed by atoms with Crippen LogP contribution in [0, 0.1) is 5.41 Å². The normalized spacial score (nSPS) is 13.8. The van der Waals surface area contributed by atoms with Gasteiger partial charge in [-0.1, -0.05) is 27.7 Å². The lowest BCUT2D eigenvalue weighted by molar-refractivity contribution is -0.122. The highest BCUT2D eigenvalue weighted by atomic mass is 35.5. The smallest absolute Gasteiger partial charge is 0.220 e. The summed E-state index contributed by atoms with van der Waals surface area (Å²) in [6.45, 7) is 8.37. The van der Waals surface area contributed by atoms with Crippen LogP contribution < -0.4 is 5.32 Å². The summed E-state index contributed by atoms with van der Waals surface area (Å²) in [7, 11) is 0. The summed E-state index contributed by atoms with van der Waals surface area (Å²) in [6, 6.07) is 0.180. The van der Waals surface area contributed by atoms with Gasteiger partial charge >= 0.3 is 0 Å². The molecule has 0 bridgehead atoms. The van der Waals surface area contributed by atoms with Crippen LogP contribution in [-0.4, -0.2) is 17.8 Å². The van der Waals surface area contributed by atoms with Crippen molar-refractivity contribution in [1.29, 1.82) is 0 Å². The predicted octanol–water partition coefficient (Wildman–Crippen LogP) is 2.95. The second kappa shape index (κ2) is 6.28. The highest BCUT2D eigenvalue weighted by molar-refractivity contribution is 6.17. The van der Waals surface area contributed by atoms with E-state index >= 15 is 0 Å². The van der Waals surface area contributed by atoms with Gasteiger partial charge in [-0.2, -0.15) is 0 Å². The van der Waals surface area contributed by atoms with E-state index in [1.807, 2.05) is 6.92 Å². The lowest BCUT2D eigenvalue weighted by atomic mass is 9.85. The van der Waals surface area contributed by atoms with E-state index in [-0.39, 0.29) is 17.4 Å². The zero-order valence-corrected chi connectivity index (χ0v) is 10.4. The Kier molecular flexibility index (Phi) is 6.17. The van der Waals surface area contributed by atoms with E-state index < -0.39 is 0 Å². The number of hydrogen-bond acceptors (Lipinski definition) is 1. The number of halogens is 1. The van der Waals surface area contributed by atoms with Crippen LogP contribution in [0.15, 0.2) is 0 Å². The van der Waals surface area contributed by atoms with Crippen LogP contribution in [0.5, 0.6) is 0 Å². The summed E-state index contributed by atoms with van der Waals surface area (Å²) in [6.07, 6.45) is 2.33. The Labute approximate surface area is 92.4 Å². The predicted molar refractivity (Wildman–Crippen MR) is 61.6 cm³/mol. The second-order valence-electron chi connectivity index (χ2n) is 4.71. The zero-order chi connectivity index (χ0) is 11.2. The van der Waals surface area contributed by atoms with Gasteiger partial charge in [0.15, 0.2) is 0 Å². The molecule has 2 nitrogen and oxygen atoms in total. The molecule has 0 aromatic carbocycles. The van der Waals surface area contributed by atoms with Crippen molar-refractivity contribution < 1.29 is 4.79 Å². The highest BCUT2D eigenvalue weighted by Crippen LogP contribution is 2.22. The first kappa shape index (κ1) is 13.8. The summed E-state index contributed by atoms with van der Waals surface area (Å²) in [5.74, 6) is 0.728. The van der Waals surface area contributed by atoms with Crippen molar-refractivity contribution in [1.82, 2.24) is 5.32 Å². The maximum Gasteiger partial charge on any atom is 0.220 e. The molecule has 3 heteroatoms. The molecule has 0 aliphatic heterocycles. The fraction of sp³-hybridized carbons (Fsp3) is 0.909. The Bertz CT molecular complexity index is 175. The Morgan fingerprint density at radius 1 is 1.43 bits per heavy atom. The number of carbonyl (C=O) groups is 1. The van der Waals surface area contributed by atoms with Crippen molar-refractivity contribution in [3.8, 4) is 0 Å². The number of alkyl halides is 1. The van der Waals surface area contributed by atoms with Gasteiger partial charge in [0.1, 0.15) is 0 Å². The van der Waals surface area contributed by atoms with Crippen molar-refractivity contribution in [2.45, 2.75) is 53.0 Å². The van der Waals surface area contributed by atoms with Gasteiger partial charge in [-0.3, -0.25) is 4.79 Å². The summed E-state index contributed by atoms with van der Waals surface area (Å²) in [5, 5.41) is 3.04. The van der Waals surface area contributed by atoms with Gasteiger partial charge in [0, 0.05) is 18.3 Å². The molecule has 0 radical (unpaired) electrons. The van der Waals surface area contributed by atoms with Crippen molar-refractivity contribution in [2.24, 2.45) is 5.41 Å². The largest absolute Gasteiger partial charge is 0.353 e. The van der Waals surface area contributed by atoms with Crippen LogP contribution in [0.1, 0.15) is 47.0 Å². The third-order valence-corrected chi connectivity index (χ3v) is 2.47. The van der Waals surface area contributed by atoms with Crippen molar-refractivity contribution in [3.63, 3.8) is 0 Å². The fourth-order valence-corrected chi connectivity index (χ4v) is 1.54. The van der Waals surface area contributed by atoms with E-state index in [2.05, 4.69) is 26.1 Å². The summed E-state index contributed by atoms with van der Waals surface area (Å²) in [4.78, 5) is 11.4. The molecule has 0 spiro atoms. The van der Waals surface area contributed by atoms with Gasteiger partial charge in [0.2, 0.25) is 5.91 Å². The van der Waals surface area contributed by atoms with Gasteiger partial charge in [0.25, 0.3) is 0 Å². The number of hydrogen-bond donors (Lipinski definition) is 1. The van der Waals surface area contributed by atoms with Crippen molar-refractivity contribution >= 4 is 17.5 Å². The molecule has 1 amide bonds. The molecule has 0 aromatic rings. The van der Waals surface area contributed by atoms with E-state index in [1.165, 1.54) is 0 Å². The minimum absolute atomic E-state index is 0.0816. The van der Waals surface area contributed by atoms with E-state index in [9.17, 15) is 4.79 Å². The number of nitrogens with one attached hydrogen (secondary N) is 1. The van der Waals surface area contributed by atoms with E-state index in [4.69, 9.17) is 11.6 Å². The average Bonchev–Trinajstić information content (AvgIpc) is 2.02. The average molecular weight is 220 g/mol. The lowest BCUT2D eigenvalue weighted by Gasteiger charge is -2.31. The van der Waals surface area contributed by atoms with Crippen LogP contribution in [0.3, 0.4) is 0 Å². The quantitative estimate of drug-likeness (QED) is 0.708. The molecule has 0 heterocycles. The Morgan fingerprint density at radius 3 is 2.36 bits per heavy atom. The van der Waals surface area contributed by atoms with Gasteiger partial charge in [-0.05, 0) is 18.3 Å². The van der Waals surface area contributed by atoms with Crippen molar-refractivity contribution in [3.05, 3.63) is 0 Å². The van der Waals surface area contributed by atoms with Crippen LogP contribution in [-0.2, 0) is 4.79 Å². The Balaban J connectivity index is 4.16. The standard InChI is InChI=1S/C11H22ClNO/c1-5-6-10(14)13-9(7-8-12)11(2,3)4/h9H,5-8H2,1-4H3,(H,13,14). The molecular formula is C11H22ClNO. The van der Waals surface area contributed by atoms with Crippen LogP contribution >= 0.6 is 11.6 Å². The molecule has 0 saturated carbocycles. The maximum absolute atomic E-state index is 11.4. The van der Waals surface area contributed by atoms with Gasteiger partial charge < -0.3 is 5.32 Å². The van der Waals surface area contributed by atoms with Gasteiger partial charge in [-0.25, -0.2) is 0 Å². The number of carbonyl (C=O) groups excluding carboxylic acids is 1. The summed E-state index contributed by atoms with van der Waals surface area (Å²) in [5.41, 5.74) is 0.0816. The van der Waals surface area contributed by atoms with Crippen molar-refractivity contribution in [2.75, 3.05) is 5.88 Å². The second-order valence-corrected chi connectivity index (χ2v) is 5.09. The molecule has 1 N–H and O–H groups in total. The van der Waals surface area contributed by atoms with Crippen LogP contribution in [0.2, 0.25) is 0 Å². The zero-order valence-electron chi connectivity index (χ0n) is 9.69. The van der Waals surface area contributed by atoms with Gasteiger partial charge in [-0.15, -0.1) is 11.6 Å². The number of amides is 1. The molecule has 84 valence electrons. The summed E-state index contributed by atoms with van der Waals surface area (Å²) >= 11 is 5.71. The molecule has 0 fully saturated rings. The van der Waals surface area contributed by atoms with Crippen LogP contribution in [0.25, 0.3) is 0 Å². The molecule has 0 aromatic heterocycles. The summed E-state index contributed by atoms with van der Waals surface area (Å²) < 4.78 is 0. The third kappa shape index (κ3) is 5.48. The molecule has 0 saturated heterocycles. The lowest BCUT2D eigenvalue weighted by Crippen LogP contribution is -2.43.